The van der Waals surface area contributed by atoms with Crippen LogP contribution in [0.1, 0.15) is 33.6 Å². The van der Waals surface area contributed by atoms with Crippen LogP contribution < -0.4 is 0 Å². The van der Waals surface area contributed by atoms with Gasteiger partial charge in [-0.25, -0.2) is 0 Å². The smallest absolute Gasteiger partial charge is 0.190 e. The molecule has 0 aromatic heterocycles. The van der Waals surface area contributed by atoms with Gasteiger partial charge in [0.1, 0.15) is 0 Å². The van der Waals surface area contributed by atoms with E-state index in [1.165, 1.54) is 12.8 Å². The molecular formula is C13H25NO2. The molecular weight excluding hydrogens is 202 g/mol. The van der Waals surface area contributed by atoms with Crippen LogP contribution in [0.3, 0.4) is 0 Å². The fourth-order valence-electron chi connectivity index (χ4n) is 2.21. The second-order valence-corrected chi connectivity index (χ2v) is 5.57. The highest BCUT2D eigenvalue weighted by Gasteiger charge is 2.29. The fourth-order valence-corrected chi connectivity index (χ4v) is 2.21. The second kappa shape index (κ2) is 5.58. The molecule has 1 heterocycles. The van der Waals surface area contributed by atoms with Crippen LogP contribution in [0.15, 0.2) is 12.5 Å². The maximum atomic E-state index is 5.36. The van der Waals surface area contributed by atoms with Crippen molar-refractivity contribution in [3.05, 3.63) is 12.5 Å². The summed E-state index contributed by atoms with van der Waals surface area (Å²) < 4.78 is 10.2. The molecule has 0 atom stereocenters. The molecule has 94 valence electrons. The van der Waals surface area contributed by atoms with Gasteiger partial charge in [0.05, 0.1) is 0 Å². The summed E-state index contributed by atoms with van der Waals surface area (Å²) in [6.45, 7) is 13.3. The number of likely N-dealkylation sites (tertiary alicyclic amines) is 1. The third-order valence-electron chi connectivity index (χ3n) is 3.42. The third-order valence-corrected chi connectivity index (χ3v) is 3.42. The van der Waals surface area contributed by atoms with Gasteiger partial charge in [0, 0.05) is 20.2 Å². The van der Waals surface area contributed by atoms with Crippen LogP contribution in [0.5, 0.6) is 0 Å². The van der Waals surface area contributed by atoms with Gasteiger partial charge in [0.15, 0.2) is 12.7 Å². The predicted molar refractivity (Wildman–Crippen MR) is 65.9 cm³/mol. The Bertz CT molecular complexity index is 225. The summed E-state index contributed by atoms with van der Waals surface area (Å²) in [7, 11) is 1.62. The first-order chi connectivity index (χ1) is 7.45. The number of nitrogens with zero attached hydrogens (tertiary/aromatic N) is 1. The van der Waals surface area contributed by atoms with Crippen molar-refractivity contribution >= 4 is 0 Å². The van der Waals surface area contributed by atoms with Gasteiger partial charge >= 0.3 is 0 Å². The maximum Gasteiger partial charge on any atom is 0.190 e. The summed E-state index contributed by atoms with van der Waals surface area (Å²) >= 11 is 0. The first kappa shape index (κ1) is 13.4. The van der Waals surface area contributed by atoms with Crippen molar-refractivity contribution in [2.45, 2.75) is 33.6 Å². The topological polar surface area (TPSA) is 21.7 Å². The van der Waals surface area contributed by atoms with Gasteiger partial charge in [-0.05, 0) is 30.8 Å². The molecule has 3 heteroatoms. The number of ether oxygens (including phenoxy) is 2. The molecule has 16 heavy (non-hydrogen) atoms. The van der Waals surface area contributed by atoms with E-state index in [1.807, 2.05) is 0 Å². The monoisotopic (exact) mass is 227 g/mol. The molecule has 0 saturated carbocycles. The van der Waals surface area contributed by atoms with E-state index in [2.05, 4.69) is 32.3 Å². The Hall–Kier alpha value is -0.700. The summed E-state index contributed by atoms with van der Waals surface area (Å²) in [6.07, 6.45) is 2.44. The van der Waals surface area contributed by atoms with Crippen molar-refractivity contribution in [3.8, 4) is 0 Å². The molecule has 1 aliphatic heterocycles. The van der Waals surface area contributed by atoms with E-state index in [1.54, 1.807) is 7.11 Å². The van der Waals surface area contributed by atoms with Gasteiger partial charge in [-0.3, -0.25) is 0 Å². The van der Waals surface area contributed by atoms with Crippen molar-refractivity contribution in [2.24, 2.45) is 11.3 Å². The first-order valence-corrected chi connectivity index (χ1v) is 6.00. The van der Waals surface area contributed by atoms with E-state index < -0.39 is 0 Å². The molecule has 0 aliphatic carbocycles. The van der Waals surface area contributed by atoms with Crippen LogP contribution in [-0.2, 0) is 9.47 Å². The SMILES string of the molecule is C=C(OCOC)N1CCC(C(C)(C)C)CC1. The molecule has 0 N–H and O–H groups in total. The minimum atomic E-state index is 0.290. The number of methoxy groups -OCH3 is 1. The van der Waals surface area contributed by atoms with E-state index in [-0.39, 0.29) is 6.79 Å². The van der Waals surface area contributed by atoms with Gasteiger partial charge < -0.3 is 14.4 Å². The lowest BCUT2D eigenvalue weighted by Crippen LogP contribution is -2.37. The maximum absolute atomic E-state index is 5.36. The Morgan fingerprint density at radius 2 is 1.88 bits per heavy atom. The standard InChI is InChI=1S/C13H25NO2/c1-11(16-10-15-5)14-8-6-12(7-9-14)13(2,3)4/h12H,1,6-10H2,2-5H3. The highest BCUT2D eigenvalue weighted by molar-refractivity contribution is 4.89. The van der Waals surface area contributed by atoms with Gasteiger partial charge in [-0.2, -0.15) is 0 Å². The molecule has 0 spiro atoms. The highest BCUT2D eigenvalue weighted by Crippen LogP contribution is 2.34. The Balaban J connectivity index is 2.34. The van der Waals surface area contributed by atoms with Crippen LogP contribution in [0.25, 0.3) is 0 Å². The molecule has 0 bridgehead atoms. The van der Waals surface area contributed by atoms with E-state index in [4.69, 9.17) is 9.47 Å². The number of rotatable bonds is 4. The third kappa shape index (κ3) is 3.71. The number of hydrogen-bond donors (Lipinski definition) is 0. The van der Waals surface area contributed by atoms with Crippen molar-refractivity contribution in [1.82, 2.24) is 4.90 Å². The average Bonchev–Trinajstić information content (AvgIpc) is 2.25. The lowest BCUT2D eigenvalue weighted by Gasteiger charge is -2.39. The second-order valence-electron chi connectivity index (χ2n) is 5.57. The lowest BCUT2D eigenvalue weighted by atomic mass is 9.75. The summed E-state index contributed by atoms with van der Waals surface area (Å²) in [4.78, 5) is 2.21. The number of piperidine rings is 1. The van der Waals surface area contributed by atoms with Crippen LogP contribution in [-0.4, -0.2) is 31.9 Å². The van der Waals surface area contributed by atoms with E-state index in [9.17, 15) is 0 Å². The molecule has 1 rings (SSSR count). The van der Waals surface area contributed by atoms with E-state index in [0.717, 1.165) is 24.9 Å². The highest BCUT2D eigenvalue weighted by atomic mass is 16.7. The van der Waals surface area contributed by atoms with Gasteiger partial charge in [-0.15, -0.1) is 0 Å². The molecule has 0 amide bonds. The van der Waals surface area contributed by atoms with Crippen LogP contribution >= 0.6 is 0 Å². The zero-order chi connectivity index (χ0) is 12.2. The van der Waals surface area contributed by atoms with Crippen LogP contribution in [0.2, 0.25) is 0 Å². The minimum Gasteiger partial charge on any atom is -0.453 e. The fraction of sp³-hybridized carbons (Fsp3) is 0.846. The van der Waals surface area contributed by atoms with E-state index >= 15 is 0 Å². The van der Waals surface area contributed by atoms with Gasteiger partial charge in [0.25, 0.3) is 0 Å². The Morgan fingerprint density at radius 3 is 2.31 bits per heavy atom. The van der Waals surface area contributed by atoms with Crippen molar-refractivity contribution in [3.63, 3.8) is 0 Å². The molecule has 1 fully saturated rings. The predicted octanol–water partition coefficient (Wildman–Crippen LogP) is 2.84. The largest absolute Gasteiger partial charge is 0.453 e. The molecule has 3 nitrogen and oxygen atoms in total. The molecule has 0 unspecified atom stereocenters. The lowest BCUT2D eigenvalue weighted by molar-refractivity contribution is -0.0322. The molecule has 1 saturated heterocycles. The zero-order valence-electron chi connectivity index (χ0n) is 11.1. The van der Waals surface area contributed by atoms with Crippen molar-refractivity contribution in [2.75, 3.05) is 27.0 Å². The van der Waals surface area contributed by atoms with E-state index in [0.29, 0.717) is 5.41 Å². The summed E-state index contributed by atoms with van der Waals surface area (Å²) in [5.41, 5.74) is 0.417. The van der Waals surface area contributed by atoms with Gasteiger partial charge in [-0.1, -0.05) is 20.8 Å². The zero-order valence-corrected chi connectivity index (χ0v) is 11.1. The Kier molecular flexibility index (Phi) is 4.66. The summed E-state index contributed by atoms with van der Waals surface area (Å²) in [5, 5.41) is 0. The molecule has 0 radical (unpaired) electrons. The van der Waals surface area contributed by atoms with Gasteiger partial charge in [0.2, 0.25) is 0 Å². The van der Waals surface area contributed by atoms with Crippen LogP contribution in [0, 0.1) is 11.3 Å². The Labute approximate surface area is 99.4 Å². The quantitative estimate of drug-likeness (QED) is 0.544. The normalized spacial score (nSPS) is 18.6. The van der Waals surface area contributed by atoms with Crippen molar-refractivity contribution < 1.29 is 9.47 Å². The summed E-state index contributed by atoms with van der Waals surface area (Å²) in [6, 6.07) is 0. The molecule has 0 aromatic carbocycles. The number of hydrogen-bond acceptors (Lipinski definition) is 3. The molecule has 0 aromatic rings. The summed E-state index contributed by atoms with van der Waals surface area (Å²) in [5.74, 6) is 1.55. The minimum absolute atomic E-state index is 0.290. The van der Waals surface area contributed by atoms with Crippen LogP contribution in [0.4, 0.5) is 0 Å². The van der Waals surface area contributed by atoms with Crippen molar-refractivity contribution in [1.29, 1.82) is 0 Å². The average molecular weight is 227 g/mol. The Morgan fingerprint density at radius 1 is 1.31 bits per heavy atom. The molecule has 1 aliphatic rings. The first-order valence-electron chi connectivity index (χ1n) is 6.00.